The van der Waals surface area contributed by atoms with Gasteiger partial charge in [0, 0.05) is 53.1 Å². The van der Waals surface area contributed by atoms with E-state index < -0.39 is 51.5 Å². The van der Waals surface area contributed by atoms with Gasteiger partial charge < -0.3 is 15.4 Å². The normalized spacial score (nSPS) is 18.1. The van der Waals surface area contributed by atoms with Gasteiger partial charge >= 0.3 is 6.09 Å². The number of nitrogens with one attached hydrogen (secondary N) is 2. The first-order valence-electron chi connectivity index (χ1n) is 16.4. The molecule has 51 heavy (non-hydrogen) atoms. The Hall–Kier alpha value is -4.49. The number of amides is 2. The van der Waals surface area contributed by atoms with Crippen molar-refractivity contribution in [2.24, 2.45) is 10.9 Å². The zero-order chi connectivity index (χ0) is 36.7. The number of carbonyl (C=O) groups is 2. The summed E-state index contributed by atoms with van der Waals surface area (Å²) in [4.78, 5) is 30.9. The van der Waals surface area contributed by atoms with Gasteiger partial charge in [0.2, 0.25) is 15.9 Å². The fraction of sp³-hybridized carbons (Fsp3) is 0.289. The van der Waals surface area contributed by atoms with Crippen LogP contribution in [-0.2, 0) is 26.0 Å². The monoisotopic (exact) mass is 736 g/mol. The van der Waals surface area contributed by atoms with Crippen LogP contribution in [0.15, 0.2) is 107 Å². The summed E-state index contributed by atoms with van der Waals surface area (Å²) >= 11 is 6.36. The van der Waals surface area contributed by atoms with E-state index in [0.717, 1.165) is 7.11 Å². The third-order valence-corrected chi connectivity index (χ3v) is 11.3. The Morgan fingerprint density at radius 1 is 0.980 bits per heavy atom. The van der Waals surface area contributed by atoms with Gasteiger partial charge in [-0.25, -0.2) is 22.0 Å². The minimum atomic E-state index is -3.86. The van der Waals surface area contributed by atoms with Crippen LogP contribution in [0.3, 0.4) is 0 Å². The van der Waals surface area contributed by atoms with E-state index in [0.29, 0.717) is 29.2 Å². The molecule has 0 bridgehead atoms. The molecule has 0 aromatic heterocycles. The number of methoxy groups -OCH3 is 1. The Bertz CT molecular complexity index is 1970. The summed E-state index contributed by atoms with van der Waals surface area (Å²) in [5.74, 6) is -3.87. The van der Waals surface area contributed by atoms with Gasteiger partial charge in [-0.3, -0.25) is 4.79 Å². The van der Waals surface area contributed by atoms with Crippen LogP contribution in [-0.4, -0.2) is 62.7 Å². The summed E-state index contributed by atoms with van der Waals surface area (Å²) in [6.07, 6.45) is -0.608. The zero-order valence-electron chi connectivity index (χ0n) is 28.4. The second kappa shape index (κ2) is 16.7. The molecule has 268 valence electrons. The number of rotatable bonds is 11. The zero-order valence-corrected chi connectivity index (χ0v) is 29.9. The van der Waals surface area contributed by atoms with Crippen molar-refractivity contribution < 1.29 is 31.5 Å². The van der Waals surface area contributed by atoms with E-state index in [1.165, 1.54) is 41.6 Å². The highest BCUT2D eigenvalue weighted by Crippen LogP contribution is 2.36. The summed E-state index contributed by atoms with van der Waals surface area (Å²) in [7, 11) is -2.71. The fourth-order valence-electron chi connectivity index (χ4n) is 6.65. The lowest BCUT2D eigenvalue weighted by Crippen LogP contribution is -2.58. The summed E-state index contributed by atoms with van der Waals surface area (Å²) in [6, 6.07) is 24.0. The van der Waals surface area contributed by atoms with Gasteiger partial charge in [0.1, 0.15) is 11.6 Å². The van der Waals surface area contributed by atoms with Crippen LogP contribution in [0.2, 0.25) is 5.02 Å². The predicted octanol–water partition coefficient (Wildman–Crippen LogP) is 7.22. The minimum absolute atomic E-state index is 0.0653. The van der Waals surface area contributed by atoms with Crippen LogP contribution in [0.1, 0.15) is 42.9 Å². The molecule has 4 atom stereocenters. The fourth-order valence-corrected chi connectivity index (χ4v) is 8.71. The number of anilines is 1. The Balaban J connectivity index is 1.50. The number of hydrogen-bond acceptors (Lipinski definition) is 6. The molecule has 1 aliphatic rings. The molecule has 2 amide bonds. The number of halogens is 3. The van der Waals surface area contributed by atoms with E-state index in [1.807, 2.05) is 6.92 Å². The first kappa shape index (κ1) is 37.8. The lowest BCUT2D eigenvalue weighted by Gasteiger charge is -2.40. The van der Waals surface area contributed by atoms with Crippen molar-refractivity contribution in [1.82, 2.24) is 9.62 Å². The molecule has 9 nitrogen and oxygen atoms in total. The number of piperazine rings is 1. The molecular formula is C38H39ClF2N4O5S. The van der Waals surface area contributed by atoms with Gasteiger partial charge in [0.15, 0.2) is 0 Å². The van der Waals surface area contributed by atoms with Crippen molar-refractivity contribution in [2.45, 2.75) is 49.6 Å². The van der Waals surface area contributed by atoms with Crippen LogP contribution in [0.5, 0.6) is 0 Å². The molecule has 13 heteroatoms. The van der Waals surface area contributed by atoms with E-state index in [2.05, 4.69) is 15.6 Å². The van der Waals surface area contributed by atoms with Crippen LogP contribution in [0.25, 0.3) is 0 Å². The summed E-state index contributed by atoms with van der Waals surface area (Å²) in [5, 5.41) is 6.50. The maximum atomic E-state index is 15.6. The minimum Gasteiger partial charge on any atom is -0.451 e. The van der Waals surface area contributed by atoms with Crippen LogP contribution < -0.4 is 10.6 Å². The standard InChI is InChI=1S/C38H39ClF2N4O5S/c1-24-22-42-23-30(45(24)51(48,49)31-14-5-4-6-15-31)18-19-32-33(41)16-9-17-34(32)44-37(46)35(25(2)43-38(47)50-3)36(26-10-7-12-28(39)20-26)27-11-8-13-29(40)21-27/h4-17,20-21,24,30,35-36,42H,18-19,22-23H2,1-3H3,(H,44,46). The van der Waals surface area contributed by atoms with Gasteiger partial charge in [-0.05, 0) is 86.3 Å². The van der Waals surface area contributed by atoms with Gasteiger partial charge in [0.05, 0.1) is 17.9 Å². The Morgan fingerprint density at radius 3 is 2.35 bits per heavy atom. The predicted molar refractivity (Wildman–Crippen MR) is 194 cm³/mol. The molecular weight excluding hydrogens is 698 g/mol. The van der Waals surface area contributed by atoms with Crippen LogP contribution >= 0.6 is 11.6 Å². The molecule has 0 spiro atoms. The highest BCUT2D eigenvalue weighted by atomic mass is 35.5. The highest BCUT2D eigenvalue weighted by Gasteiger charge is 2.38. The molecule has 5 rings (SSSR count). The molecule has 0 saturated carbocycles. The molecule has 1 fully saturated rings. The van der Waals surface area contributed by atoms with Crippen molar-refractivity contribution in [1.29, 1.82) is 0 Å². The van der Waals surface area contributed by atoms with Gasteiger partial charge in [-0.1, -0.05) is 60.1 Å². The maximum absolute atomic E-state index is 15.6. The SMILES string of the molecule is COC(=O)N=C(C)C(C(=O)Nc1cccc(F)c1CCC1CNCC(C)N1S(=O)(=O)c1ccccc1)C(c1cccc(F)c1)c1cccc(Cl)c1. The first-order valence-corrected chi connectivity index (χ1v) is 18.2. The Labute approximate surface area is 301 Å². The average Bonchev–Trinajstić information content (AvgIpc) is 3.10. The van der Waals surface area contributed by atoms with E-state index in [4.69, 9.17) is 16.3 Å². The van der Waals surface area contributed by atoms with Crippen LogP contribution in [0.4, 0.5) is 19.3 Å². The average molecular weight is 737 g/mol. The summed E-state index contributed by atoms with van der Waals surface area (Å²) < 4.78 is 64.0. The molecule has 1 aliphatic heterocycles. The van der Waals surface area contributed by atoms with Crippen molar-refractivity contribution >= 4 is 45.0 Å². The van der Waals surface area contributed by atoms with E-state index >= 15 is 4.39 Å². The first-order chi connectivity index (χ1) is 24.4. The molecule has 2 N–H and O–H groups in total. The molecule has 1 saturated heterocycles. The van der Waals surface area contributed by atoms with Crippen molar-refractivity contribution in [2.75, 3.05) is 25.5 Å². The van der Waals surface area contributed by atoms with E-state index in [-0.39, 0.29) is 40.7 Å². The molecule has 4 aromatic rings. The lowest BCUT2D eigenvalue weighted by atomic mass is 9.77. The Kier molecular flexibility index (Phi) is 12.4. The number of benzene rings is 4. The van der Waals surface area contributed by atoms with E-state index in [9.17, 15) is 22.4 Å². The Morgan fingerprint density at radius 2 is 1.67 bits per heavy atom. The molecule has 4 unspecified atom stereocenters. The quantitative estimate of drug-likeness (QED) is 0.157. The number of sulfonamides is 1. The largest absolute Gasteiger partial charge is 0.451 e. The number of ether oxygens (including phenoxy) is 1. The number of nitrogens with zero attached hydrogens (tertiary/aromatic N) is 2. The van der Waals surface area contributed by atoms with Crippen molar-refractivity contribution in [3.63, 3.8) is 0 Å². The smallest absolute Gasteiger partial charge is 0.433 e. The third-order valence-electron chi connectivity index (χ3n) is 8.96. The second-order valence-electron chi connectivity index (χ2n) is 12.4. The van der Waals surface area contributed by atoms with Crippen LogP contribution in [0, 0.1) is 17.6 Å². The van der Waals surface area contributed by atoms with Crippen molar-refractivity contribution in [3.05, 3.63) is 130 Å². The topological polar surface area (TPSA) is 117 Å². The highest BCUT2D eigenvalue weighted by molar-refractivity contribution is 7.89. The molecule has 4 aromatic carbocycles. The molecule has 1 heterocycles. The molecule has 0 aliphatic carbocycles. The number of hydrogen-bond donors (Lipinski definition) is 2. The summed E-state index contributed by atoms with van der Waals surface area (Å²) in [5.41, 5.74) is 1.36. The second-order valence-corrected chi connectivity index (χ2v) is 14.7. The third kappa shape index (κ3) is 8.88. The number of aliphatic imine (C=N–C) groups is 1. The van der Waals surface area contributed by atoms with Gasteiger partial charge in [0.25, 0.3) is 0 Å². The van der Waals surface area contributed by atoms with Crippen molar-refractivity contribution in [3.8, 4) is 0 Å². The van der Waals surface area contributed by atoms with Gasteiger partial charge in [-0.2, -0.15) is 9.30 Å². The molecule has 0 radical (unpaired) electrons. The van der Waals surface area contributed by atoms with E-state index in [1.54, 1.807) is 66.7 Å². The lowest BCUT2D eigenvalue weighted by molar-refractivity contribution is -0.118. The van der Waals surface area contributed by atoms with Gasteiger partial charge in [-0.15, -0.1) is 0 Å². The summed E-state index contributed by atoms with van der Waals surface area (Å²) in [6.45, 7) is 4.12. The number of carbonyl (C=O) groups excluding carboxylic acids is 2. The maximum Gasteiger partial charge on any atom is 0.433 e.